The third-order valence-corrected chi connectivity index (χ3v) is 4.97. The highest BCUT2D eigenvalue weighted by Crippen LogP contribution is 2.36. The topological polar surface area (TPSA) is 29.1 Å². The summed E-state index contributed by atoms with van der Waals surface area (Å²) in [5.74, 6) is -0.116. The Morgan fingerprint density at radius 3 is 2.60 bits per heavy atom. The van der Waals surface area contributed by atoms with Crippen LogP contribution in [-0.2, 0) is 0 Å². The van der Waals surface area contributed by atoms with Crippen LogP contribution in [0.4, 0.5) is 4.39 Å². The second kappa shape index (κ2) is 6.90. The predicted octanol–water partition coefficient (Wildman–Crippen LogP) is 4.51. The van der Waals surface area contributed by atoms with Crippen LogP contribution in [-0.4, -0.2) is 18.3 Å². The van der Waals surface area contributed by atoms with E-state index in [2.05, 4.69) is 21.2 Å². The summed E-state index contributed by atoms with van der Waals surface area (Å²) in [7, 11) is 0. The van der Waals surface area contributed by atoms with Crippen molar-refractivity contribution in [3.8, 4) is 0 Å². The van der Waals surface area contributed by atoms with Gasteiger partial charge in [0.2, 0.25) is 0 Å². The molecule has 2 rings (SSSR count). The molecule has 20 heavy (non-hydrogen) atoms. The van der Waals surface area contributed by atoms with Crippen LogP contribution in [0.3, 0.4) is 0 Å². The number of alkyl halides is 1. The zero-order valence-corrected chi connectivity index (χ0v) is 13.6. The van der Waals surface area contributed by atoms with Gasteiger partial charge in [0.25, 0.3) is 5.91 Å². The molecule has 110 valence electrons. The minimum Gasteiger partial charge on any atom is -0.351 e. The highest BCUT2D eigenvalue weighted by atomic mass is 79.9. The molecule has 0 unspecified atom stereocenters. The molecular weight excluding hydrogens is 345 g/mol. The Balaban J connectivity index is 2.00. The fourth-order valence-corrected chi connectivity index (χ4v) is 3.54. The Labute approximate surface area is 132 Å². The van der Waals surface area contributed by atoms with Crippen LogP contribution in [0.5, 0.6) is 0 Å². The van der Waals surface area contributed by atoms with E-state index in [0.717, 1.165) is 25.7 Å². The molecular formula is C15H18BrClFNO. The summed E-state index contributed by atoms with van der Waals surface area (Å²) >= 11 is 9.29. The lowest BCUT2D eigenvalue weighted by atomic mass is 9.75. The van der Waals surface area contributed by atoms with Gasteiger partial charge in [0.05, 0.1) is 0 Å². The van der Waals surface area contributed by atoms with Gasteiger partial charge in [-0.3, -0.25) is 4.79 Å². The standard InChI is InChI=1S/C15H18BrClFNO/c16-12-6-11(7-13(18)8-12)14(20)19-10-15(9-17)4-2-1-3-5-15/h6-8H,1-5,9-10H2,(H,19,20). The quantitative estimate of drug-likeness (QED) is 0.785. The molecule has 0 aliphatic heterocycles. The van der Waals surface area contributed by atoms with Crippen molar-refractivity contribution >= 4 is 33.4 Å². The molecule has 0 aromatic heterocycles. The van der Waals surface area contributed by atoms with Crippen molar-refractivity contribution in [1.82, 2.24) is 5.32 Å². The Hall–Kier alpha value is -0.610. The first kappa shape index (κ1) is 15.8. The molecule has 0 bridgehead atoms. The molecule has 2 nitrogen and oxygen atoms in total. The number of hydrogen-bond acceptors (Lipinski definition) is 1. The van der Waals surface area contributed by atoms with E-state index in [0.29, 0.717) is 22.5 Å². The maximum absolute atomic E-state index is 13.3. The van der Waals surface area contributed by atoms with Gasteiger partial charge in [-0.15, -0.1) is 11.6 Å². The fraction of sp³-hybridized carbons (Fsp3) is 0.533. The first-order chi connectivity index (χ1) is 9.54. The van der Waals surface area contributed by atoms with Crippen LogP contribution in [0.1, 0.15) is 42.5 Å². The monoisotopic (exact) mass is 361 g/mol. The summed E-state index contributed by atoms with van der Waals surface area (Å²) in [4.78, 5) is 12.1. The first-order valence-corrected chi connectivity index (χ1v) is 8.18. The van der Waals surface area contributed by atoms with Crippen molar-refractivity contribution in [1.29, 1.82) is 0 Å². The molecule has 0 saturated heterocycles. The van der Waals surface area contributed by atoms with E-state index in [-0.39, 0.29) is 11.3 Å². The molecule has 1 aliphatic carbocycles. The van der Waals surface area contributed by atoms with Crippen molar-refractivity contribution in [3.63, 3.8) is 0 Å². The maximum atomic E-state index is 13.3. The average Bonchev–Trinajstić information content (AvgIpc) is 2.45. The van der Waals surface area contributed by atoms with Crippen molar-refractivity contribution < 1.29 is 9.18 Å². The van der Waals surface area contributed by atoms with Gasteiger partial charge in [-0.1, -0.05) is 35.2 Å². The van der Waals surface area contributed by atoms with Crippen LogP contribution < -0.4 is 5.32 Å². The lowest BCUT2D eigenvalue weighted by Crippen LogP contribution is -2.40. The number of carbonyl (C=O) groups is 1. The lowest BCUT2D eigenvalue weighted by Gasteiger charge is -2.35. The third kappa shape index (κ3) is 3.95. The van der Waals surface area contributed by atoms with E-state index < -0.39 is 5.82 Å². The Kier molecular flexibility index (Phi) is 5.44. The van der Waals surface area contributed by atoms with Gasteiger partial charge in [-0.25, -0.2) is 4.39 Å². The van der Waals surface area contributed by atoms with Crippen LogP contribution in [0.15, 0.2) is 22.7 Å². The number of hydrogen-bond donors (Lipinski definition) is 1. The molecule has 1 amide bonds. The first-order valence-electron chi connectivity index (χ1n) is 6.85. The summed E-state index contributed by atoms with van der Waals surface area (Å²) in [5.41, 5.74) is 0.331. The molecule has 1 N–H and O–H groups in total. The van der Waals surface area contributed by atoms with E-state index in [1.165, 1.54) is 18.6 Å². The normalized spacial score (nSPS) is 17.8. The van der Waals surface area contributed by atoms with Gasteiger partial charge >= 0.3 is 0 Å². The SMILES string of the molecule is O=C(NCC1(CCl)CCCCC1)c1cc(F)cc(Br)c1. The molecule has 0 spiro atoms. The lowest BCUT2D eigenvalue weighted by molar-refractivity contribution is 0.0920. The van der Waals surface area contributed by atoms with Crippen LogP contribution in [0.2, 0.25) is 0 Å². The molecule has 5 heteroatoms. The molecule has 1 aromatic rings. The molecule has 1 fully saturated rings. The van der Waals surface area contributed by atoms with Crippen molar-refractivity contribution in [2.24, 2.45) is 5.41 Å². The minimum atomic E-state index is -0.422. The summed E-state index contributed by atoms with van der Waals surface area (Å²) in [5, 5.41) is 2.90. The van der Waals surface area contributed by atoms with Crippen molar-refractivity contribution in [2.45, 2.75) is 32.1 Å². The van der Waals surface area contributed by atoms with Gasteiger partial charge in [-0.2, -0.15) is 0 Å². The van der Waals surface area contributed by atoms with Gasteiger partial charge < -0.3 is 5.32 Å². The van der Waals surface area contributed by atoms with E-state index in [9.17, 15) is 9.18 Å². The molecule has 0 heterocycles. The second-order valence-electron chi connectivity index (χ2n) is 5.54. The van der Waals surface area contributed by atoms with Crippen LogP contribution in [0, 0.1) is 11.2 Å². The number of benzene rings is 1. The van der Waals surface area contributed by atoms with E-state index in [1.54, 1.807) is 6.07 Å². The van der Waals surface area contributed by atoms with E-state index >= 15 is 0 Å². The predicted molar refractivity (Wildman–Crippen MR) is 82.7 cm³/mol. The van der Waals surface area contributed by atoms with Gasteiger partial charge in [-0.05, 0) is 31.0 Å². The number of amides is 1. The van der Waals surface area contributed by atoms with E-state index in [4.69, 9.17) is 11.6 Å². The number of rotatable bonds is 4. The molecule has 0 atom stereocenters. The largest absolute Gasteiger partial charge is 0.351 e. The zero-order chi connectivity index (χ0) is 14.6. The molecule has 1 aromatic carbocycles. The molecule has 1 saturated carbocycles. The number of carbonyl (C=O) groups excluding carboxylic acids is 1. The number of halogens is 3. The summed E-state index contributed by atoms with van der Waals surface area (Å²) in [6, 6.07) is 4.19. The summed E-state index contributed by atoms with van der Waals surface area (Å²) in [6.07, 6.45) is 5.65. The van der Waals surface area contributed by atoms with Gasteiger partial charge in [0.1, 0.15) is 5.82 Å². The highest BCUT2D eigenvalue weighted by molar-refractivity contribution is 9.10. The smallest absolute Gasteiger partial charge is 0.251 e. The van der Waals surface area contributed by atoms with Crippen LogP contribution in [0.25, 0.3) is 0 Å². The Morgan fingerprint density at radius 1 is 1.30 bits per heavy atom. The van der Waals surface area contributed by atoms with Crippen molar-refractivity contribution in [2.75, 3.05) is 12.4 Å². The van der Waals surface area contributed by atoms with Gasteiger partial charge in [0, 0.05) is 27.9 Å². The van der Waals surface area contributed by atoms with Gasteiger partial charge in [0.15, 0.2) is 0 Å². The number of nitrogens with one attached hydrogen (secondary N) is 1. The Morgan fingerprint density at radius 2 is 2.00 bits per heavy atom. The zero-order valence-electron chi connectivity index (χ0n) is 11.2. The second-order valence-corrected chi connectivity index (χ2v) is 6.72. The van der Waals surface area contributed by atoms with Crippen molar-refractivity contribution in [3.05, 3.63) is 34.1 Å². The maximum Gasteiger partial charge on any atom is 0.251 e. The molecule has 1 aliphatic rings. The van der Waals surface area contributed by atoms with Crippen LogP contribution >= 0.6 is 27.5 Å². The minimum absolute atomic E-state index is 0.0000225. The summed E-state index contributed by atoms with van der Waals surface area (Å²) < 4.78 is 13.9. The third-order valence-electron chi connectivity index (χ3n) is 3.95. The fourth-order valence-electron chi connectivity index (χ4n) is 2.71. The molecule has 0 radical (unpaired) electrons. The van der Waals surface area contributed by atoms with E-state index in [1.807, 2.05) is 0 Å². The Bertz CT molecular complexity index is 469. The average molecular weight is 363 g/mol. The highest BCUT2D eigenvalue weighted by Gasteiger charge is 2.31. The summed E-state index contributed by atoms with van der Waals surface area (Å²) in [6.45, 7) is 0.559.